The van der Waals surface area contributed by atoms with Gasteiger partial charge in [-0.2, -0.15) is 4.98 Å². The Bertz CT molecular complexity index is 268. The number of rotatable bonds is 3. The maximum atomic E-state index is 5.37. The molecule has 0 aliphatic carbocycles. The Balaban J connectivity index is 1.78. The summed E-state index contributed by atoms with van der Waals surface area (Å²) in [7, 11) is 0. The van der Waals surface area contributed by atoms with Crippen LogP contribution in [-0.2, 0) is 4.74 Å². The molecule has 0 bridgehead atoms. The van der Waals surface area contributed by atoms with E-state index in [1.165, 1.54) is 0 Å². The first-order valence-corrected chi connectivity index (χ1v) is 4.34. The molecular weight excluding hydrogens is 170 g/mol. The molecule has 2 heterocycles. The number of hydrogen-bond donors (Lipinski definition) is 3. The SMILES string of the molecule is Nc1nc(NCC2CCOC2)n[nH]1. The van der Waals surface area contributed by atoms with Crippen LogP contribution in [0.2, 0.25) is 0 Å². The van der Waals surface area contributed by atoms with Crippen molar-refractivity contribution < 1.29 is 4.74 Å². The van der Waals surface area contributed by atoms with Crippen LogP contribution >= 0.6 is 0 Å². The summed E-state index contributed by atoms with van der Waals surface area (Å²) in [4.78, 5) is 3.93. The van der Waals surface area contributed by atoms with Crippen LogP contribution in [0.1, 0.15) is 6.42 Å². The summed E-state index contributed by atoms with van der Waals surface area (Å²) in [6, 6.07) is 0. The predicted octanol–water partition coefficient (Wildman–Crippen LogP) is -0.165. The van der Waals surface area contributed by atoms with Crippen LogP contribution in [0.5, 0.6) is 0 Å². The first-order valence-electron chi connectivity index (χ1n) is 4.34. The summed E-state index contributed by atoms with van der Waals surface area (Å²) in [6.07, 6.45) is 1.10. The first-order chi connectivity index (χ1) is 6.34. The van der Waals surface area contributed by atoms with Gasteiger partial charge in [0.15, 0.2) is 0 Å². The summed E-state index contributed by atoms with van der Waals surface area (Å²) in [5.41, 5.74) is 5.37. The average molecular weight is 183 g/mol. The van der Waals surface area contributed by atoms with E-state index < -0.39 is 0 Å². The molecule has 6 heteroatoms. The van der Waals surface area contributed by atoms with Crippen LogP contribution in [0, 0.1) is 5.92 Å². The Morgan fingerprint density at radius 2 is 2.62 bits per heavy atom. The van der Waals surface area contributed by atoms with Crippen LogP contribution < -0.4 is 11.1 Å². The van der Waals surface area contributed by atoms with Crippen molar-refractivity contribution >= 4 is 11.9 Å². The Morgan fingerprint density at radius 1 is 1.69 bits per heavy atom. The van der Waals surface area contributed by atoms with Gasteiger partial charge in [0.2, 0.25) is 11.9 Å². The number of nitrogens with one attached hydrogen (secondary N) is 2. The number of nitrogens with two attached hydrogens (primary N) is 1. The fourth-order valence-electron chi connectivity index (χ4n) is 1.33. The van der Waals surface area contributed by atoms with E-state index in [1.54, 1.807) is 0 Å². The van der Waals surface area contributed by atoms with Gasteiger partial charge < -0.3 is 15.8 Å². The van der Waals surface area contributed by atoms with Crippen molar-refractivity contribution in [3.8, 4) is 0 Å². The second-order valence-corrected chi connectivity index (χ2v) is 3.15. The second kappa shape index (κ2) is 3.61. The van der Waals surface area contributed by atoms with E-state index in [0.29, 0.717) is 17.8 Å². The number of nitrogens with zero attached hydrogens (tertiary/aromatic N) is 2. The van der Waals surface area contributed by atoms with E-state index in [2.05, 4.69) is 20.5 Å². The first kappa shape index (κ1) is 8.31. The number of hydrogen-bond acceptors (Lipinski definition) is 5. The molecule has 0 amide bonds. The molecule has 6 nitrogen and oxygen atoms in total. The Hall–Kier alpha value is -1.30. The molecule has 0 aromatic carbocycles. The third kappa shape index (κ3) is 2.09. The number of ether oxygens (including phenoxy) is 1. The lowest BCUT2D eigenvalue weighted by atomic mass is 10.1. The highest BCUT2D eigenvalue weighted by molar-refractivity contribution is 5.29. The highest BCUT2D eigenvalue weighted by Crippen LogP contribution is 2.12. The predicted molar refractivity (Wildman–Crippen MR) is 48.2 cm³/mol. The van der Waals surface area contributed by atoms with Crippen molar-refractivity contribution in [3.05, 3.63) is 0 Å². The molecule has 13 heavy (non-hydrogen) atoms. The number of nitrogen functional groups attached to an aromatic ring is 1. The van der Waals surface area contributed by atoms with Crippen molar-refractivity contribution in [2.24, 2.45) is 5.92 Å². The summed E-state index contributed by atoms with van der Waals surface area (Å²) in [5.74, 6) is 1.47. The van der Waals surface area contributed by atoms with E-state index in [-0.39, 0.29) is 0 Å². The van der Waals surface area contributed by atoms with Crippen LogP contribution in [-0.4, -0.2) is 34.9 Å². The number of aromatic amines is 1. The zero-order valence-electron chi connectivity index (χ0n) is 7.29. The normalized spacial score (nSPS) is 22.0. The van der Waals surface area contributed by atoms with Crippen molar-refractivity contribution in [3.63, 3.8) is 0 Å². The molecule has 72 valence electrons. The molecule has 1 atom stereocenters. The van der Waals surface area contributed by atoms with E-state index in [0.717, 1.165) is 26.2 Å². The van der Waals surface area contributed by atoms with Crippen molar-refractivity contribution in [2.45, 2.75) is 6.42 Å². The van der Waals surface area contributed by atoms with Gasteiger partial charge in [-0.05, 0) is 6.42 Å². The lowest BCUT2D eigenvalue weighted by Gasteiger charge is -2.06. The van der Waals surface area contributed by atoms with Crippen LogP contribution in [0.4, 0.5) is 11.9 Å². The number of H-pyrrole nitrogens is 1. The van der Waals surface area contributed by atoms with Gasteiger partial charge in [0.1, 0.15) is 0 Å². The molecule has 1 fully saturated rings. The fourth-order valence-corrected chi connectivity index (χ4v) is 1.33. The van der Waals surface area contributed by atoms with Gasteiger partial charge in [-0.1, -0.05) is 0 Å². The van der Waals surface area contributed by atoms with Gasteiger partial charge in [-0.25, -0.2) is 5.10 Å². The minimum absolute atomic E-state index is 0.338. The summed E-state index contributed by atoms with van der Waals surface area (Å²) >= 11 is 0. The molecule has 4 N–H and O–H groups in total. The molecule has 2 rings (SSSR count). The molecule has 0 saturated carbocycles. The van der Waals surface area contributed by atoms with Gasteiger partial charge in [-0.3, -0.25) is 0 Å². The highest BCUT2D eigenvalue weighted by atomic mass is 16.5. The van der Waals surface area contributed by atoms with Crippen LogP contribution in [0.15, 0.2) is 0 Å². The van der Waals surface area contributed by atoms with Gasteiger partial charge in [0.25, 0.3) is 0 Å². The topological polar surface area (TPSA) is 88.8 Å². The van der Waals surface area contributed by atoms with Crippen molar-refractivity contribution in [1.29, 1.82) is 0 Å². The quantitative estimate of drug-likeness (QED) is 0.605. The maximum absolute atomic E-state index is 5.37. The summed E-state index contributed by atoms with van der Waals surface area (Å²) in [5, 5.41) is 9.52. The van der Waals surface area contributed by atoms with E-state index in [4.69, 9.17) is 10.5 Å². The van der Waals surface area contributed by atoms with Crippen molar-refractivity contribution in [2.75, 3.05) is 30.8 Å². The molecule has 1 unspecified atom stereocenters. The molecule has 1 aromatic rings. The largest absolute Gasteiger partial charge is 0.381 e. The smallest absolute Gasteiger partial charge is 0.243 e. The molecule has 1 aliphatic heterocycles. The number of anilines is 2. The van der Waals surface area contributed by atoms with Crippen LogP contribution in [0.25, 0.3) is 0 Å². The highest BCUT2D eigenvalue weighted by Gasteiger charge is 2.15. The van der Waals surface area contributed by atoms with E-state index >= 15 is 0 Å². The second-order valence-electron chi connectivity index (χ2n) is 3.15. The summed E-state index contributed by atoms with van der Waals surface area (Å²) < 4.78 is 5.24. The fraction of sp³-hybridized carbons (Fsp3) is 0.714. The Kier molecular flexibility index (Phi) is 2.31. The molecular formula is C7H13N5O. The lowest BCUT2D eigenvalue weighted by Crippen LogP contribution is -2.14. The van der Waals surface area contributed by atoms with E-state index in [1.807, 2.05) is 0 Å². The standard InChI is InChI=1S/C7H13N5O/c8-6-10-7(12-11-6)9-3-5-1-2-13-4-5/h5H,1-4H2,(H4,8,9,10,11,12). The average Bonchev–Trinajstić information content (AvgIpc) is 2.71. The molecule has 0 radical (unpaired) electrons. The van der Waals surface area contributed by atoms with Gasteiger partial charge in [0, 0.05) is 19.1 Å². The monoisotopic (exact) mass is 183 g/mol. The zero-order valence-corrected chi connectivity index (χ0v) is 7.29. The third-order valence-electron chi connectivity index (χ3n) is 2.08. The Morgan fingerprint density at radius 3 is 3.23 bits per heavy atom. The van der Waals surface area contributed by atoms with Gasteiger partial charge in [-0.15, -0.1) is 5.10 Å². The number of aromatic nitrogens is 3. The minimum atomic E-state index is 0.338. The molecule has 0 spiro atoms. The van der Waals surface area contributed by atoms with E-state index in [9.17, 15) is 0 Å². The zero-order chi connectivity index (χ0) is 9.10. The summed E-state index contributed by atoms with van der Waals surface area (Å²) in [6.45, 7) is 2.53. The molecule has 1 aliphatic rings. The maximum Gasteiger partial charge on any atom is 0.243 e. The van der Waals surface area contributed by atoms with Crippen LogP contribution in [0.3, 0.4) is 0 Å². The molecule has 1 aromatic heterocycles. The molecule has 1 saturated heterocycles. The Labute approximate surface area is 75.9 Å². The lowest BCUT2D eigenvalue weighted by molar-refractivity contribution is 0.187. The van der Waals surface area contributed by atoms with Crippen molar-refractivity contribution in [1.82, 2.24) is 15.2 Å². The third-order valence-corrected chi connectivity index (χ3v) is 2.08. The minimum Gasteiger partial charge on any atom is -0.381 e. The van der Waals surface area contributed by atoms with Gasteiger partial charge >= 0.3 is 0 Å². The van der Waals surface area contributed by atoms with Gasteiger partial charge in [0.05, 0.1) is 6.61 Å².